The van der Waals surface area contributed by atoms with Crippen LogP contribution in [0.1, 0.15) is 25.2 Å². The van der Waals surface area contributed by atoms with Gasteiger partial charge in [0, 0.05) is 6.07 Å². The van der Waals surface area contributed by atoms with Crippen LogP contribution in [-0.4, -0.2) is 29.5 Å². The molecule has 2 aromatic carbocycles. The zero-order valence-electron chi connectivity index (χ0n) is 17.5. The van der Waals surface area contributed by atoms with E-state index in [9.17, 15) is 18.0 Å². The van der Waals surface area contributed by atoms with E-state index in [1.54, 1.807) is 0 Å². The fraction of sp³-hybridized carbons (Fsp3) is 0.136. The van der Waals surface area contributed by atoms with E-state index < -0.39 is 34.1 Å². The molecule has 5 aromatic rings. The van der Waals surface area contributed by atoms with E-state index in [0.29, 0.717) is 29.5 Å². The van der Waals surface area contributed by atoms with Crippen LogP contribution in [-0.2, 0) is 0 Å². The molecule has 1 atom stereocenters. The van der Waals surface area contributed by atoms with Crippen molar-refractivity contribution in [2.24, 2.45) is 0 Å². The Hall–Kier alpha value is -3.99. The Morgan fingerprint density at radius 2 is 1.94 bits per heavy atom. The van der Waals surface area contributed by atoms with Crippen LogP contribution in [0.3, 0.4) is 0 Å². The standard InChI is InChI=1S/C22H15ClF3N7O/c1-2-13(31-20-18-19(28-8-27-18)29-9-30-20)21-32-14-5-4-11(25)17(23)16(14)22(34)33(21)15-6-3-10(24)7-12(15)26/h3-9,13H,2H2,1H3,(H2,27,28,29,30,31)/t13-/m1/s1. The third kappa shape index (κ3) is 3.54. The average Bonchev–Trinajstić information content (AvgIpc) is 3.30. The fourth-order valence-corrected chi connectivity index (χ4v) is 3.98. The number of fused-ring (bicyclic) bond motifs is 2. The first-order valence-corrected chi connectivity index (χ1v) is 10.5. The Labute approximate surface area is 194 Å². The van der Waals surface area contributed by atoms with Crippen LogP contribution >= 0.6 is 11.6 Å². The molecule has 0 aliphatic carbocycles. The Bertz CT molecular complexity index is 1620. The van der Waals surface area contributed by atoms with Crippen molar-refractivity contribution in [1.82, 2.24) is 29.5 Å². The number of aromatic nitrogens is 6. The van der Waals surface area contributed by atoms with Crippen LogP contribution in [0.2, 0.25) is 5.02 Å². The van der Waals surface area contributed by atoms with Gasteiger partial charge in [-0.3, -0.25) is 9.36 Å². The highest BCUT2D eigenvalue weighted by Crippen LogP contribution is 2.29. The lowest BCUT2D eigenvalue weighted by Crippen LogP contribution is -2.29. The minimum absolute atomic E-state index is 0.0930. The lowest BCUT2D eigenvalue weighted by molar-refractivity contribution is 0.569. The van der Waals surface area contributed by atoms with Gasteiger partial charge in [0.15, 0.2) is 11.5 Å². The number of nitrogens with zero attached hydrogens (tertiary/aromatic N) is 5. The van der Waals surface area contributed by atoms with Gasteiger partial charge < -0.3 is 10.3 Å². The maximum atomic E-state index is 14.8. The zero-order valence-corrected chi connectivity index (χ0v) is 18.2. The van der Waals surface area contributed by atoms with Crippen molar-refractivity contribution in [3.63, 3.8) is 0 Å². The molecule has 0 aliphatic rings. The average molecular weight is 486 g/mol. The van der Waals surface area contributed by atoms with Crippen LogP contribution in [0.15, 0.2) is 47.8 Å². The third-order valence-electron chi connectivity index (χ3n) is 5.35. The second-order valence-electron chi connectivity index (χ2n) is 7.39. The first-order valence-electron chi connectivity index (χ1n) is 10.2. The van der Waals surface area contributed by atoms with Crippen molar-refractivity contribution in [1.29, 1.82) is 0 Å². The lowest BCUT2D eigenvalue weighted by Gasteiger charge is -2.22. The van der Waals surface area contributed by atoms with E-state index in [1.807, 2.05) is 6.92 Å². The molecule has 0 spiro atoms. The van der Waals surface area contributed by atoms with Gasteiger partial charge in [-0.15, -0.1) is 0 Å². The molecule has 0 unspecified atom stereocenters. The summed E-state index contributed by atoms with van der Waals surface area (Å²) in [5.41, 5.74) is 0.00151. The molecule has 172 valence electrons. The van der Waals surface area contributed by atoms with Crippen LogP contribution in [0, 0.1) is 17.5 Å². The van der Waals surface area contributed by atoms with E-state index >= 15 is 0 Å². The molecule has 34 heavy (non-hydrogen) atoms. The summed E-state index contributed by atoms with van der Waals surface area (Å²) in [7, 11) is 0. The predicted molar refractivity (Wildman–Crippen MR) is 121 cm³/mol. The molecule has 8 nitrogen and oxygen atoms in total. The third-order valence-corrected chi connectivity index (χ3v) is 5.72. The van der Waals surface area contributed by atoms with Crippen molar-refractivity contribution in [3.8, 4) is 5.69 Å². The quantitative estimate of drug-likeness (QED) is 0.374. The molecule has 12 heteroatoms. The molecular formula is C22H15ClF3N7O. The molecule has 2 N–H and O–H groups in total. The molecule has 0 bridgehead atoms. The minimum atomic E-state index is -0.997. The molecule has 5 rings (SSSR count). The van der Waals surface area contributed by atoms with Crippen LogP contribution in [0.4, 0.5) is 19.0 Å². The molecule has 3 heterocycles. The second kappa shape index (κ2) is 8.41. The molecule has 0 amide bonds. The van der Waals surface area contributed by atoms with E-state index in [-0.39, 0.29) is 22.4 Å². The maximum absolute atomic E-state index is 14.8. The summed E-state index contributed by atoms with van der Waals surface area (Å²) in [6.45, 7) is 1.82. The predicted octanol–water partition coefficient (Wildman–Crippen LogP) is 4.69. The van der Waals surface area contributed by atoms with Crippen LogP contribution in [0.5, 0.6) is 0 Å². The second-order valence-corrected chi connectivity index (χ2v) is 7.77. The first-order chi connectivity index (χ1) is 16.4. The number of anilines is 1. The van der Waals surface area contributed by atoms with Gasteiger partial charge in [0.2, 0.25) is 0 Å². The van der Waals surface area contributed by atoms with Crippen LogP contribution in [0.25, 0.3) is 27.8 Å². The molecule has 3 aromatic heterocycles. The Kier molecular flexibility index (Phi) is 5.40. The number of nitrogens with one attached hydrogen (secondary N) is 2. The smallest absolute Gasteiger partial charge is 0.267 e. The Morgan fingerprint density at radius 1 is 1.12 bits per heavy atom. The van der Waals surface area contributed by atoms with E-state index in [4.69, 9.17) is 11.6 Å². The number of halogens is 4. The van der Waals surface area contributed by atoms with Gasteiger partial charge in [0.1, 0.15) is 35.1 Å². The minimum Gasteiger partial charge on any atom is -0.358 e. The molecule has 0 saturated carbocycles. The SMILES string of the molecule is CC[C@@H](Nc1ncnc2[nH]cnc12)c1nc2ccc(F)c(Cl)c2c(=O)n1-c1ccc(F)cc1F. The lowest BCUT2D eigenvalue weighted by atomic mass is 10.1. The largest absolute Gasteiger partial charge is 0.358 e. The topological polar surface area (TPSA) is 101 Å². The van der Waals surface area contributed by atoms with Crippen molar-refractivity contribution in [2.45, 2.75) is 19.4 Å². The van der Waals surface area contributed by atoms with Gasteiger partial charge >= 0.3 is 0 Å². The maximum Gasteiger partial charge on any atom is 0.267 e. The van der Waals surface area contributed by atoms with Crippen molar-refractivity contribution in [3.05, 3.63) is 81.6 Å². The van der Waals surface area contributed by atoms with E-state index in [1.165, 1.54) is 18.7 Å². The van der Waals surface area contributed by atoms with Gasteiger partial charge in [0.25, 0.3) is 5.56 Å². The number of imidazole rings is 1. The first kappa shape index (κ1) is 21.8. The van der Waals surface area contributed by atoms with Gasteiger partial charge in [-0.2, -0.15) is 0 Å². The number of benzene rings is 2. The molecule has 0 saturated heterocycles. The summed E-state index contributed by atoms with van der Waals surface area (Å²) in [4.78, 5) is 33.5. The van der Waals surface area contributed by atoms with Gasteiger partial charge in [-0.25, -0.2) is 33.1 Å². The van der Waals surface area contributed by atoms with Gasteiger partial charge in [-0.05, 0) is 30.7 Å². The fourth-order valence-electron chi connectivity index (χ4n) is 3.74. The Balaban J connectivity index is 1.78. The molecule has 0 fully saturated rings. The van der Waals surface area contributed by atoms with Crippen molar-refractivity contribution < 1.29 is 13.2 Å². The summed E-state index contributed by atoms with van der Waals surface area (Å²) in [6, 6.07) is 4.50. The molecular weight excluding hydrogens is 471 g/mol. The summed E-state index contributed by atoms with van der Waals surface area (Å²) in [6.07, 6.45) is 3.17. The highest BCUT2D eigenvalue weighted by molar-refractivity contribution is 6.35. The molecule has 0 aliphatic heterocycles. The highest BCUT2D eigenvalue weighted by atomic mass is 35.5. The molecule has 0 radical (unpaired) electrons. The monoisotopic (exact) mass is 485 g/mol. The highest BCUT2D eigenvalue weighted by Gasteiger charge is 2.25. The summed E-state index contributed by atoms with van der Waals surface area (Å²) >= 11 is 6.08. The summed E-state index contributed by atoms with van der Waals surface area (Å²) < 4.78 is 43.6. The van der Waals surface area contributed by atoms with Crippen LogP contribution < -0.4 is 10.9 Å². The van der Waals surface area contributed by atoms with E-state index in [0.717, 1.165) is 22.8 Å². The number of hydrogen-bond donors (Lipinski definition) is 2. The normalized spacial score (nSPS) is 12.4. The summed E-state index contributed by atoms with van der Waals surface area (Å²) in [5, 5.41) is 2.51. The Morgan fingerprint density at radius 3 is 2.71 bits per heavy atom. The number of rotatable bonds is 5. The van der Waals surface area contributed by atoms with Gasteiger partial charge in [-0.1, -0.05) is 18.5 Å². The van der Waals surface area contributed by atoms with E-state index in [2.05, 4.69) is 30.2 Å². The van der Waals surface area contributed by atoms with Gasteiger partial charge in [0.05, 0.1) is 34.0 Å². The number of H-pyrrole nitrogens is 1. The number of hydrogen-bond acceptors (Lipinski definition) is 6. The number of aromatic amines is 1. The van der Waals surface area contributed by atoms with Crippen molar-refractivity contribution in [2.75, 3.05) is 5.32 Å². The summed E-state index contributed by atoms with van der Waals surface area (Å²) in [5.74, 6) is -2.19. The van der Waals surface area contributed by atoms with Crippen molar-refractivity contribution >= 4 is 39.5 Å². The zero-order chi connectivity index (χ0) is 24.0.